The van der Waals surface area contributed by atoms with Gasteiger partial charge in [0.2, 0.25) is 5.91 Å². The van der Waals surface area contributed by atoms with E-state index in [-0.39, 0.29) is 12.5 Å². The number of rotatable bonds is 5. The van der Waals surface area contributed by atoms with Gasteiger partial charge in [0.15, 0.2) is 0 Å². The molecule has 3 rings (SSSR count). The zero-order valence-electron chi connectivity index (χ0n) is 11.7. The van der Waals surface area contributed by atoms with E-state index in [1.165, 1.54) is 0 Å². The van der Waals surface area contributed by atoms with Crippen LogP contribution in [-0.4, -0.2) is 17.6 Å². The number of nitrogens with one attached hydrogen (secondary N) is 1. The average molecular weight is 286 g/mol. The minimum Gasteiger partial charge on any atom is -0.462 e. The van der Waals surface area contributed by atoms with Gasteiger partial charge in [-0.2, -0.15) is 0 Å². The predicted octanol–water partition coefficient (Wildman–Crippen LogP) is 2.51. The third-order valence-corrected chi connectivity index (χ3v) is 3.59. The zero-order valence-corrected chi connectivity index (χ0v) is 11.7. The molecular weight excluding hydrogens is 268 g/mol. The first kappa shape index (κ1) is 13.7. The summed E-state index contributed by atoms with van der Waals surface area (Å²) >= 11 is 0. The molecular formula is C16H18N2O3. The highest BCUT2D eigenvalue weighted by atomic mass is 16.4. The summed E-state index contributed by atoms with van der Waals surface area (Å²) in [5, 5.41) is 12.3. The van der Waals surface area contributed by atoms with Crippen LogP contribution in [-0.2, 0) is 17.9 Å². The van der Waals surface area contributed by atoms with Crippen LogP contribution < -0.4 is 10.2 Å². The fourth-order valence-electron chi connectivity index (χ4n) is 2.55. The second kappa shape index (κ2) is 6.01. The molecule has 1 aromatic carbocycles. The Hall–Kier alpha value is -2.27. The van der Waals surface area contributed by atoms with Crippen molar-refractivity contribution in [2.75, 3.05) is 16.8 Å². The molecule has 1 fully saturated rings. The quantitative estimate of drug-likeness (QED) is 0.886. The second-order valence-corrected chi connectivity index (χ2v) is 5.05. The minimum atomic E-state index is -0.0983. The number of anilines is 2. The van der Waals surface area contributed by atoms with Crippen molar-refractivity contribution in [3.05, 3.63) is 47.9 Å². The Labute approximate surface area is 123 Å². The third-order valence-electron chi connectivity index (χ3n) is 3.59. The summed E-state index contributed by atoms with van der Waals surface area (Å²) in [5.41, 5.74) is 1.82. The summed E-state index contributed by atoms with van der Waals surface area (Å²) in [7, 11) is 0. The smallest absolute Gasteiger partial charge is 0.227 e. The number of benzene rings is 1. The van der Waals surface area contributed by atoms with Crippen molar-refractivity contribution in [2.45, 2.75) is 26.0 Å². The number of aliphatic hydroxyl groups excluding tert-OH is 1. The van der Waals surface area contributed by atoms with Gasteiger partial charge in [-0.3, -0.25) is 4.79 Å². The Kier molecular flexibility index (Phi) is 3.92. The van der Waals surface area contributed by atoms with E-state index >= 15 is 0 Å². The lowest BCUT2D eigenvalue weighted by molar-refractivity contribution is -0.117. The van der Waals surface area contributed by atoms with Crippen LogP contribution in [0.5, 0.6) is 0 Å². The molecule has 0 unspecified atom stereocenters. The molecule has 0 bridgehead atoms. The van der Waals surface area contributed by atoms with Crippen molar-refractivity contribution in [1.82, 2.24) is 0 Å². The van der Waals surface area contributed by atoms with Crippen LogP contribution in [0.25, 0.3) is 0 Å². The van der Waals surface area contributed by atoms with Gasteiger partial charge in [0.05, 0.1) is 17.9 Å². The summed E-state index contributed by atoms with van der Waals surface area (Å²) in [5.74, 6) is 1.47. The Bertz CT molecular complexity index is 636. The van der Waals surface area contributed by atoms with E-state index < -0.39 is 0 Å². The van der Waals surface area contributed by atoms with Crippen molar-refractivity contribution < 1.29 is 14.3 Å². The summed E-state index contributed by atoms with van der Waals surface area (Å²) in [4.78, 5) is 13.7. The lowest BCUT2D eigenvalue weighted by Gasteiger charge is -2.20. The highest BCUT2D eigenvalue weighted by Crippen LogP contribution is 2.29. The molecule has 1 aliphatic heterocycles. The number of carbonyl (C=O) groups is 1. The van der Waals surface area contributed by atoms with Crippen LogP contribution in [0.15, 0.2) is 40.8 Å². The molecule has 2 heterocycles. The van der Waals surface area contributed by atoms with Crippen LogP contribution in [0.1, 0.15) is 24.4 Å². The molecule has 110 valence electrons. The SMILES string of the molecule is O=C1CCCN1c1ccccc1NCc1ccc(CO)o1. The van der Waals surface area contributed by atoms with Gasteiger partial charge in [0.25, 0.3) is 0 Å². The van der Waals surface area contributed by atoms with Gasteiger partial charge >= 0.3 is 0 Å². The number of furan rings is 1. The van der Waals surface area contributed by atoms with Crippen LogP contribution in [0, 0.1) is 0 Å². The molecule has 0 spiro atoms. The number of aliphatic hydroxyl groups is 1. The molecule has 21 heavy (non-hydrogen) atoms. The van der Waals surface area contributed by atoms with E-state index in [1.54, 1.807) is 6.07 Å². The molecule has 0 aliphatic carbocycles. The van der Waals surface area contributed by atoms with Crippen molar-refractivity contribution in [3.8, 4) is 0 Å². The number of carbonyl (C=O) groups excluding carboxylic acids is 1. The lowest BCUT2D eigenvalue weighted by atomic mass is 10.2. The summed E-state index contributed by atoms with van der Waals surface area (Å²) < 4.78 is 5.45. The number of hydrogen-bond donors (Lipinski definition) is 2. The molecule has 5 heteroatoms. The Morgan fingerprint density at radius 1 is 1.19 bits per heavy atom. The summed E-state index contributed by atoms with van der Waals surface area (Å²) in [6, 6.07) is 11.4. The van der Waals surface area contributed by atoms with E-state index in [1.807, 2.05) is 35.2 Å². The van der Waals surface area contributed by atoms with Gasteiger partial charge in [-0.25, -0.2) is 0 Å². The van der Waals surface area contributed by atoms with Gasteiger partial charge in [-0.05, 0) is 30.7 Å². The van der Waals surface area contributed by atoms with E-state index in [0.29, 0.717) is 18.7 Å². The first-order valence-electron chi connectivity index (χ1n) is 7.09. The van der Waals surface area contributed by atoms with Gasteiger partial charge in [-0.15, -0.1) is 0 Å². The molecule has 0 atom stereocenters. The fraction of sp³-hybridized carbons (Fsp3) is 0.312. The maximum absolute atomic E-state index is 11.9. The second-order valence-electron chi connectivity index (χ2n) is 5.05. The van der Waals surface area contributed by atoms with Crippen molar-refractivity contribution in [2.24, 2.45) is 0 Å². The Morgan fingerprint density at radius 2 is 2.00 bits per heavy atom. The number of amides is 1. The van der Waals surface area contributed by atoms with Crippen LogP contribution in [0.4, 0.5) is 11.4 Å². The molecule has 0 saturated carbocycles. The zero-order chi connectivity index (χ0) is 14.7. The Morgan fingerprint density at radius 3 is 2.71 bits per heavy atom. The summed E-state index contributed by atoms with van der Waals surface area (Å²) in [6.07, 6.45) is 1.53. The van der Waals surface area contributed by atoms with Gasteiger partial charge in [0.1, 0.15) is 18.1 Å². The molecule has 2 N–H and O–H groups in total. The van der Waals surface area contributed by atoms with Gasteiger partial charge in [0, 0.05) is 13.0 Å². The van der Waals surface area contributed by atoms with E-state index in [2.05, 4.69) is 5.32 Å². The van der Waals surface area contributed by atoms with E-state index in [4.69, 9.17) is 9.52 Å². The highest BCUT2D eigenvalue weighted by Gasteiger charge is 2.23. The maximum Gasteiger partial charge on any atom is 0.227 e. The average Bonchev–Trinajstić information content (AvgIpc) is 3.14. The first-order valence-corrected chi connectivity index (χ1v) is 7.09. The van der Waals surface area contributed by atoms with Crippen molar-refractivity contribution in [1.29, 1.82) is 0 Å². The molecule has 1 aliphatic rings. The highest BCUT2D eigenvalue weighted by molar-refractivity contribution is 5.98. The van der Waals surface area contributed by atoms with Crippen molar-refractivity contribution in [3.63, 3.8) is 0 Å². The number of hydrogen-bond acceptors (Lipinski definition) is 4. The normalized spacial score (nSPS) is 14.7. The van der Waals surface area contributed by atoms with Crippen LogP contribution in [0.2, 0.25) is 0 Å². The summed E-state index contributed by atoms with van der Waals surface area (Å²) in [6.45, 7) is 1.19. The standard InChI is InChI=1S/C16H18N2O3/c19-11-13-8-7-12(21-13)10-17-14-4-1-2-5-15(14)18-9-3-6-16(18)20/h1-2,4-5,7-8,17,19H,3,6,9-11H2. The fourth-order valence-corrected chi connectivity index (χ4v) is 2.55. The maximum atomic E-state index is 11.9. The number of nitrogens with zero attached hydrogens (tertiary/aromatic N) is 1. The predicted molar refractivity (Wildman–Crippen MR) is 80.0 cm³/mol. The monoisotopic (exact) mass is 286 g/mol. The number of para-hydroxylation sites is 2. The topological polar surface area (TPSA) is 65.7 Å². The van der Waals surface area contributed by atoms with E-state index in [9.17, 15) is 4.79 Å². The lowest BCUT2D eigenvalue weighted by Crippen LogP contribution is -2.24. The van der Waals surface area contributed by atoms with Gasteiger partial charge < -0.3 is 19.7 Å². The third kappa shape index (κ3) is 2.92. The van der Waals surface area contributed by atoms with Crippen LogP contribution in [0.3, 0.4) is 0 Å². The molecule has 5 nitrogen and oxygen atoms in total. The molecule has 1 aromatic heterocycles. The molecule has 1 amide bonds. The van der Waals surface area contributed by atoms with Crippen molar-refractivity contribution >= 4 is 17.3 Å². The molecule has 0 radical (unpaired) electrons. The molecule has 2 aromatic rings. The van der Waals surface area contributed by atoms with Gasteiger partial charge in [-0.1, -0.05) is 12.1 Å². The minimum absolute atomic E-state index is 0.0983. The first-order chi connectivity index (χ1) is 10.3. The van der Waals surface area contributed by atoms with E-state index in [0.717, 1.165) is 30.1 Å². The molecule has 1 saturated heterocycles. The van der Waals surface area contributed by atoms with Crippen LogP contribution >= 0.6 is 0 Å². The Balaban J connectivity index is 1.74. The largest absolute Gasteiger partial charge is 0.462 e.